The number of ether oxygens (including phenoxy) is 1. The van der Waals surface area contributed by atoms with Crippen molar-refractivity contribution < 1.29 is 4.74 Å². The second-order valence-electron chi connectivity index (χ2n) is 14.6. The van der Waals surface area contributed by atoms with Crippen LogP contribution in [0.3, 0.4) is 0 Å². The Bertz CT molecular complexity index is 3380. The molecule has 0 amide bonds. The first kappa shape index (κ1) is 42.8. The fourth-order valence-corrected chi connectivity index (χ4v) is 11.9. The lowest BCUT2D eigenvalue weighted by atomic mass is 9.98. The van der Waals surface area contributed by atoms with Gasteiger partial charge in [-0.1, -0.05) is 140 Å². The maximum Gasteiger partial charge on any atom is 0.126 e. The van der Waals surface area contributed by atoms with Crippen molar-refractivity contribution in [1.82, 2.24) is 19.9 Å². The molecule has 12 heteroatoms. The van der Waals surface area contributed by atoms with Crippen LogP contribution >= 0.6 is 112 Å². The van der Waals surface area contributed by atoms with Crippen molar-refractivity contribution in [2.24, 2.45) is 0 Å². The number of hydrogen-bond donors (Lipinski definition) is 2. The van der Waals surface area contributed by atoms with Crippen molar-refractivity contribution in [3.63, 3.8) is 0 Å². The van der Waals surface area contributed by atoms with Gasteiger partial charge in [0.25, 0.3) is 0 Å². The summed E-state index contributed by atoms with van der Waals surface area (Å²) in [5.74, 6) is 0.721. The van der Waals surface area contributed by atoms with Gasteiger partial charge in [0.2, 0.25) is 0 Å². The molecule has 2 aliphatic heterocycles. The van der Waals surface area contributed by atoms with Crippen LogP contribution in [0.2, 0.25) is 0 Å². The van der Waals surface area contributed by atoms with Crippen LogP contribution in [0.25, 0.3) is 95.6 Å². The lowest BCUT2D eigenvalue weighted by Crippen LogP contribution is -1.91. The van der Waals surface area contributed by atoms with Crippen LogP contribution in [0.5, 0.6) is 5.75 Å². The molecule has 2 aliphatic rings. The van der Waals surface area contributed by atoms with E-state index in [1.807, 2.05) is 66.7 Å². The first-order valence-electron chi connectivity index (χ1n) is 19.5. The molecule has 0 saturated heterocycles. The molecule has 308 valence electrons. The predicted octanol–water partition coefficient (Wildman–Crippen LogP) is 18.2. The number of methoxy groups -OCH3 is 1. The summed E-state index contributed by atoms with van der Waals surface area (Å²) in [6.07, 6.45) is 0. The minimum atomic E-state index is 0.721. The monoisotopic (exact) mass is 1270 g/mol. The van der Waals surface area contributed by atoms with E-state index in [-0.39, 0.29) is 0 Å². The van der Waals surface area contributed by atoms with Crippen LogP contribution in [0.15, 0.2) is 159 Å². The van der Waals surface area contributed by atoms with Crippen molar-refractivity contribution in [3.8, 4) is 61.4 Å². The van der Waals surface area contributed by atoms with Gasteiger partial charge >= 0.3 is 0 Å². The number of hydrogen-bond acceptors (Lipinski definition) is 3. The second-order valence-corrected chi connectivity index (χ2v) is 20.2. The van der Waals surface area contributed by atoms with Crippen LogP contribution in [-0.2, 0) is 0 Å². The standard InChI is InChI=1S/C51H29Br7N4O/c1-63-31-25-15-14-24-30(31)36-37(52)45-33(27-18-8-3-9-19-27)47-40(55)41(56)49(61-47)35(29-22-12-5-13-23-29)51-43(58)42(57)50(62-51)34(28-20-10-4-11-21-28)48-39(54)38(53)46(60-48)32(44(36)59-45)26-16-6-2-7-17-26/h2-25,59,62H,1H3. The molecule has 0 radical (unpaired) electrons. The predicted molar refractivity (Wildman–Crippen MR) is 287 cm³/mol. The Balaban J connectivity index is 1.57. The third kappa shape index (κ3) is 7.34. The molecular weight excluding hydrogens is 1240 g/mol. The fourth-order valence-electron chi connectivity index (χ4n) is 8.26. The number of H-pyrrole nitrogens is 2. The number of benzene rings is 5. The molecule has 0 spiro atoms. The molecular formula is C51H29Br7N4O. The van der Waals surface area contributed by atoms with Crippen LogP contribution in [-0.4, -0.2) is 27.0 Å². The molecule has 8 bridgehead atoms. The largest absolute Gasteiger partial charge is 0.496 e. The average molecular weight is 1270 g/mol. The van der Waals surface area contributed by atoms with Gasteiger partial charge in [-0.05, 0) is 140 Å². The van der Waals surface area contributed by atoms with Gasteiger partial charge in [-0.25, -0.2) is 9.97 Å². The maximum absolute atomic E-state index is 6.10. The molecule has 5 heterocycles. The number of aromatic nitrogens is 4. The summed E-state index contributed by atoms with van der Waals surface area (Å²) in [4.78, 5) is 19.2. The highest BCUT2D eigenvalue weighted by Gasteiger charge is 2.31. The summed E-state index contributed by atoms with van der Waals surface area (Å²) in [7, 11) is 1.71. The van der Waals surface area contributed by atoms with Gasteiger partial charge in [-0.15, -0.1) is 0 Å². The van der Waals surface area contributed by atoms with E-state index in [0.29, 0.717) is 0 Å². The lowest BCUT2D eigenvalue weighted by Gasteiger charge is -2.11. The number of nitrogens with zero attached hydrogens (tertiary/aromatic N) is 2. The van der Waals surface area contributed by atoms with Crippen LogP contribution in [0, 0.1) is 0 Å². The number of para-hydroxylation sites is 1. The normalized spacial score (nSPS) is 12.6. The van der Waals surface area contributed by atoms with Gasteiger partial charge in [0, 0.05) is 33.4 Å². The Morgan fingerprint density at radius 1 is 0.349 bits per heavy atom. The summed E-state index contributed by atoms with van der Waals surface area (Å²) in [5.41, 5.74) is 15.5. The van der Waals surface area contributed by atoms with Crippen LogP contribution in [0.4, 0.5) is 0 Å². The summed E-state index contributed by atoms with van der Waals surface area (Å²) in [6, 6.07) is 49.5. The summed E-state index contributed by atoms with van der Waals surface area (Å²) < 4.78 is 11.8. The Morgan fingerprint density at radius 3 is 1.02 bits per heavy atom. The molecule has 2 N–H and O–H groups in total. The highest BCUT2D eigenvalue weighted by molar-refractivity contribution is 9.18. The third-order valence-corrected chi connectivity index (χ3v) is 18.1. The molecule has 5 nitrogen and oxygen atoms in total. The molecule has 0 saturated carbocycles. The summed E-state index contributed by atoms with van der Waals surface area (Å²) in [5, 5.41) is 0. The number of rotatable bonds is 6. The minimum absolute atomic E-state index is 0.721. The molecule has 0 atom stereocenters. The van der Waals surface area contributed by atoms with Gasteiger partial charge in [0.05, 0.1) is 83.3 Å². The number of fused-ring (bicyclic) bond motifs is 8. The van der Waals surface area contributed by atoms with Crippen molar-refractivity contribution in [1.29, 1.82) is 0 Å². The van der Waals surface area contributed by atoms with E-state index in [1.54, 1.807) is 7.11 Å². The smallest absolute Gasteiger partial charge is 0.126 e. The molecule has 5 aromatic carbocycles. The van der Waals surface area contributed by atoms with Crippen molar-refractivity contribution >= 4 is 152 Å². The van der Waals surface area contributed by atoms with Gasteiger partial charge < -0.3 is 14.7 Å². The highest BCUT2D eigenvalue weighted by atomic mass is 79.9. The van der Waals surface area contributed by atoms with Crippen LogP contribution < -0.4 is 4.74 Å². The molecule has 0 aliphatic carbocycles. The van der Waals surface area contributed by atoms with E-state index in [1.165, 1.54) is 0 Å². The van der Waals surface area contributed by atoms with Gasteiger partial charge in [0.15, 0.2) is 0 Å². The molecule has 63 heavy (non-hydrogen) atoms. The molecule has 8 aromatic rings. The van der Waals surface area contributed by atoms with Crippen molar-refractivity contribution in [3.05, 3.63) is 182 Å². The number of nitrogens with one attached hydrogen (secondary N) is 2. The number of halogens is 7. The Morgan fingerprint density at radius 2 is 0.651 bits per heavy atom. The average Bonchev–Trinajstić information content (AvgIpc) is 4.00. The van der Waals surface area contributed by atoms with Gasteiger partial charge in [0.1, 0.15) is 5.75 Å². The SMILES string of the molecule is COc1ccccc1-c1c(Br)c2[nH]c1c(-c1ccccc1)c1nc(c(-c3ccccc3)c3[nH]c(c(Br)c3Br)c(-c3ccccc3)c3nc(c2-c2ccccc2)C(Br)=C3Br)C(Br)=C1Br. The Hall–Kier alpha value is -4.14. The van der Waals surface area contributed by atoms with E-state index in [4.69, 9.17) is 14.7 Å². The first-order chi connectivity index (χ1) is 30.7. The van der Waals surface area contributed by atoms with E-state index >= 15 is 0 Å². The third-order valence-electron chi connectivity index (χ3n) is 11.1. The van der Waals surface area contributed by atoms with Crippen molar-refractivity contribution in [2.45, 2.75) is 0 Å². The highest BCUT2D eigenvalue weighted by Crippen LogP contribution is 2.54. The minimum Gasteiger partial charge on any atom is -0.496 e. The molecule has 0 fully saturated rings. The summed E-state index contributed by atoms with van der Waals surface area (Å²) in [6.45, 7) is 0. The lowest BCUT2D eigenvalue weighted by molar-refractivity contribution is 0.416. The first-order valence-corrected chi connectivity index (χ1v) is 25.1. The molecule has 3 aromatic heterocycles. The second kappa shape index (κ2) is 17.7. The maximum atomic E-state index is 6.10. The van der Waals surface area contributed by atoms with Crippen molar-refractivity contribution in [2.75, 3.05) is 7.11 Å². The summed E-state index contributed by atoms with van der Waals surface area (Å²) >= 11 is 28.7. The van der Waals surface area contributed by atoms with Gasteiger partial charge in [-0.2, -0.15) is 0 Å². The molecule has 10 rings (SSSR count). The van der Waals surface area contributed by atoms with E-state index in [9.17, 15) is 0 Å². The zero-order valence-electron chi connectivity index (χ0n) is 32.8. The fraction of sp³-hybridized carbons (Fsp3) is 0.0196. The van der Waals surface area contributed by atoms with Gasteiger partial charge in [-0.3, -0.25) is 0 Å². The van der Waals surface area contributed by atoms with Crippen LogP contribution in [0.1, 0.15) is 22.8 Å². The molecule has 0 unspecified atom stereocenters. The quantitative estimate of drug-likeness (QED) is 0.174. The van der Waals surface area contributed by atoms with E-state index in [2.05, 4.69) is 200 Å². The topological polar surface area (TPSA) is 66.6 Å². The van der Waals surface area contributed by atoms with E-state index in [0.717, 1.165) is 138 Å². The van der Waals surface area contributed by atoms with E-state index < -0.39 is 0 Å². The number of aromatic amines is 2. The zero-order valence-corrected chi connectivity index (χ0v) is 43.9. The zero-order chi connectivity index (χ0) is 43.5. The Labute approximate surface area is 422 Å². The Kier molecular flexibility index (Phi) is 12.0.